The van der Waals surface area contributed by atoms with Gasteiger partial charge in [0.1, 0.15) is 4.90 Å². The number of anilines is 1. The molecular formula is C12H20N6O2S. The Labute approximate surface area is 124 Å². The largest absolute Gasteiger partial charge is 0.309 e. The predicted molar refractivity (Wildman–Crippen MR) is 79.3 cm³/mol. The third kappa shape index (κ3) is 3.61. The van der Waals surface area contributed by atoms with Gasteiger partial charge in [0.2, 0.25) is 0 Å². The molecule has 0 amide bonds. The Hall–Kier alpha value is -1.87. The lowest BCUT2D eigenvalue weighted by atomic mass is 10.3. The second-order valence-electron chi connectivity index (χ2n) is 5.17. The van der Waals surface area contributed by atoms with Crippen molar-refractivity contribution in [3.8, 4) is 0 Å². The van der Waals surface area contributed by atoms with Crippen LogP contribution in [0.15, 0.2) is 17.3 Å². The van der Waals surface area contributed by atoms with Gasteiger partial charge in [0.25, 0.3) is 10.0 Å². The molecule has 0 radical (unpaired) electrons. The zero-order valence-corrected chi connectivity index (χ0v) is 13.3. The molecule has 2 heterocycles. The van der Waals surface area contributed by atoms with Crippen molar-refractivity contribution in [3.63, 3.8) is 0 Å². The van der Waals surface area contributed by atoms with Gasteiger partial charge in [0, 0.05) is 25.8 Å². The summed E-state index contributed by atoms with van der Waals surface area (Å²) in [6.45, 7) is 6.04. The summed E-state index contributed by atoms with van der Waals surface area (Å²) >= 11 is 0. The fraction of sp³-hybridized carbons (Fsp3) is 0.500. The van der Waals surface area contributed by atoms with Gasteiger partial charge in [-0.05, 0) is 6.92 Å². The summed E-state index contributed by atoms with van der Waals surface area (Å²) in [5.74, 6) is 0. The van der Waals surface area contributed by atoms with E-state index in [1.165, 1.54) is 10.9 Å². The van der Waals surface area contributed by atoms with Crippen molar-refractivity contribution < 1.29 is 8.42 Å². The van der Waals surface area contributed by atoms with Crippen LogP contribution < -0.4 is 10.0 Å². The first-order valence-corrected chi connectivity index (χ1v) is 8.06. The van der Waals surface area contributed by atoms with Crippen molar-refractivity contribution in [1.29, 1.82) is 0 Å². The van der Waals surface area contributed by atoms with Crippen molar-refractivity contribution in [2.75, 3.05) is 4.72 Å². The fourth-order valence-electron chi connectivity index (χ4n) is 1.93. The lowest BCUT2D eigenvalue weighted by Gasteiger charge is -2.09. The van der Waals surface area contributed by atoms with Crippen molar-refractivity contribution in [3.05, 3.63) is 23.8 Å². The molecule has 0 aliphatic rings. The van der Waals surface area contributed by atoms with Gasteiger partial charge in [-0.15, -0.1) is 0 Å². The van der Waals surface area contributed by atoms with Gasteiger partial charge < -0.3 is 5.32 Å². The number of hydrogen-bond acceptors (Lipinski definition) is 5. The Bertz CT molecular complexity index is 716. The number of aromatic nitrogens is 4. The van der Waals surface area contributed by atoms with Crippen LogP contribution in [0.3, 0.4) is 0 Å². The molecule has 0 atom stereocenters. The van der Waals surface area contributed by atoms with Crippen LogP contribution in [-0.2, 0) is 23.6 Å². The molecule has 0 fully saturated rings. The van der Waals surface area contributed by atoms with E-state index in [1.54, 1.807) is 20.2 Å². The maximum Gasteiger partial charge on any atom is 0.265 e. The highest BCUT2D eigenvalue weighted by Gasteiger charge is 2.24. The molecule has 0 saturated heterocycles. The first kappa shape index (κ1) is 15.5. The minimum absolute atomic E-state index is 0.180. The van der Waals surface area contributed by atoms with Crippen LogP contribution >= 0.6 is 0 Å². The summed E-state index contributed by atoms with van der Waals surface area (Å²) in [6.07, 6.45) is 3.05. The fourth-order valence-corrected chi connectivity index (χ4v) is 3.32. The molecule has 0 unspecified atom stereocenters. The van der Waals surface area contributed by atoms with Crippen LogP contribution in [0, 0.1) is 6.92 Å². The van der Waals surface area contributed by atoms with Gasteiger partial charge in [0.05, 0.1) is 23.3 Å². The van der Waals surface area contributed by atoms with E-state index in [-0.39, 0.29) is 10.9 Å². The average molecular weight is 312 g/mol. The molecule has 3 N–H and O–H groups in total. The van der Waals surface area contributed by atoms with Crippen LogP contribution in [-0.4, -0.2) is 34.4 Å². The van der Waals surface area contributed by atoms with Crippen molar-refractivity contribution >= 4 is 15.7 Å². The van der Waals surface area contributed by atoms with E-state index in [0.717, 1.165) is 0 Å². The number of nitrogens with one attached hydrogen (secondary N) is 3. The topological polar surface area (TPSA) is 105 Å². The van der Waals surface area contributed by atoms with Gasteiger partial charge in [0.15, 0.2) is 0 Å². The normalized spacial score (nSPS) is 12.0. The highest BCUT2D eigenvalue weighted by atomic mass is 32.2. The maximum absolute atomic E-state index is 12.5. The van der Waals surface area contributed by atoms with Gasteiger partial charge in [-0.1, -0.05) is 13.8 Å². The molecule has 0 aliphatic heterocycles. The van der Waals surface area contributed by atoms with Gasteiger partial charge in [-0.2, -0.15) is 10.2 Å². The highest BCUT2D eigenvalue weighted by molar-refractivity contribution is 7.92. The van der Waals surface area contributed by atoms with E-state index < -0.39 is 10.0 Å². The lowest BCUT2D eigenvalue weighted by molar-refractivity contribution is 0.570. The van der Waals surface area contributed by atoms with E-state index in [2.05, 4.69) is 25.3 Å². The van der Waals surface area contributed by atoms with Crippen molar-refractivity contribution in [2.45, 2.75) is 38.3 Å². The summed E-state index contributed by atoms with van der Waals surface area (Å²) < 4.78 is 29.1. The molecule has 8 nitrogen and oxygen atoms in total. The van der Waals surface area contributed by atoms with E-state index in [1.807, 2.05) is 13.8 Å². The van der Waals surface area contributed by atoms with Gasteiger partial charge in [-0.25, -0.2) is 8.42 Å². The first-order chi connectivity index (χ1) is 9.79. The molecule has 116 valence electrons. The molecule has 0 aliphatic carbocycles. The van der Waals surface area contributed by atoms with Crippen LogP contribution in [0.5, 0.6) is 0 Å². The van der Waals surface area contributed by atoms with Gasteiger partial charge >= 0.3 is 0 Å². The van der Waals surface area contributed by atoms with Crippen LogP contribution in [0.2, 0.25) is 0 Å². The summed E-state index contributed by atoms with van der Waals surface area (Å²) in [5.41, 5.74) is 1.39. The quantitative estimate of drug-likeness (QED) is 0.730. The Morgan fingerprint density at radius 2 is 2.14 bits per heavy atom. The third-order valence-corrected chi connectivity index (χ3v) is 4.45. The Kier molecular flexibility index (Phi) is 4.33. The molecule has 21 heavy (non-hydrogen) atoms. The molecule has 9 heteroatoms. The summed E-state index contributed by atoms with van der Waals surface area (Å²) in [5, 5.41) is 13.9. The van der Waals surface area contributed by atoms with Crippen molar-refractivity contribution in [1.82, 2.24) is 25.3 Å². The van der Waals surface area contributed by atoms with Crippen LogP contribution in [0.1, 0.15) is 25.2 Å². The predicted octanol–water partition coefficient (Wildman–Crippen LogP) is 0.750. The molecule has 2 aromatic heterocycles. The van der Waals surface area contributed by atoms with Crippen LogP contribution in [0.25, 0.3) is 0 Å². The number of hydrogen-bond donors (Lipinski definition) is 3. The minimum atomic E-state index is -3.70. The summed E-state index contributed by atoms with van der Waals surface area (Å²) in [7, 11) is -1.98. The standard InChI is InChI=1S/C12H20N6O2S/c1-8(2)13-6-11-12(9(3)15-16-11)21(19,20)17-10-5-14-18(4)7-10/h5,7-8,13,17H,6H2,1-4H3,(H,15,16). The zero-order valence-electron chi connectivity index (χ0n) is 12.5. The molecule has 0 aromatic carbocycles. The molecule has 2 aromatic rings. The molecule has 2 rings (SSSR count). The minimum Gasteiger partial charge on any atom is -0.309 e. The average Bonchev–Trinajstić information content (AvgIpc) is 2.93. The Balaban J connectivity index is 2.28. The van der Waals surface area contributed by atoms with Crippen molar-refractivity contribution in [2.24, 2.45) is 7.05 Å². The summed E-state index contributed by atoms with van der Waals surface area (Å²) in [4.78, 5) is 0.180. The molecule has 0 spiro atoms. The van der Waals surface area contributed by atoms with Gasteiger partial charge in [-0.3, -0.25) is 14.5 Å². The maximum atomic E-state index is 12.5. The number of H-pyrrole nitrogens is 1. The summed E-state index contributed by atoms with van der Waals surface area (Å²) in [6, 6.07) is 0.240. The Morgan fingerprint density at radius 3 is 2.71 bits per heavy atom. The molecular weight excluding hydrogens is 292 g/mol. The first-order valence-electron chi connectivity index (χ1n) is 6.58. The number of aromatic amines is 1. The second-order valence-corrected chi connectivity index (χ2v) is 6.79. The van der Waals surface area contributed by atoms with Crippen LogP contribution in [0.4, 0.5) is 5.69 Å². The zero-order chi connectivity index (χ0) is 15.6. The highest BCUT2D eigenvalue weighted by Crippen LogP contribution is 2.21. The smallest absolute Gasteiger partial charge is 0.265 e. The second kappa shape index (κ2) is 5.86. The number of rotatable bonds is 6. The number of nitrogens with zero attached hydrogens (tertiary/aromatic N) is 3. The Morgan fingerprint density at radius 1 is 1.43 bits per heavy atom. The van der Waals surface area contributed by atoms with E-state index >= 15 is 0 Å². The molecule has 0 saturated carbocycles. The van der Waals surface area contributed by atoms with E-state index in [4.69, 9.17) is 0 Å². The van der Waals surface area contributed by atoms with E-state index in [9.17, 15) is 8.42 Å². The number of sulfonamides is 1. The third-order valence-electron chi connectivity index (χ3n) is 2.86. The van der Waals surface area contributed by atoms with E-state index in [0.29, 0.717) is 23.6 Å². The SMILES string of the molecule is Cc1[nH]nc(CNC(C)C)c1S(=O)(=O)Nc1cnn(C)c1. The number of aryl methyl sites for hydroxylation is 2. The lowest BCUT2D eigenvalue weighted by Crippen LogP contribution is -2.24. The monoisotopic (exact) mass is 312 g/mol. The molecule has 0 bridgehead atoms.